The topological polar surface area (TPSA) is 65.2 Å². The minimum Gasteiger partial charge on any atom is -0.337 e. The molecule has 1 unspecified atom stereocenters. The molecular formula is C14H21N3O2. The molecule has 0 aromatic carbocycles. The minimum atomic E-state index is -0.183. The largest absolute Gasteiger partial charge is 0.337 e. The normalized spacial score (nSPS) is 19.4. The lowest BCUT2D eigenvalue weighted by atomic mass is 10.0. The zero-order chi connectivity index (χ0) is 13.7. The summed E-state index contributed by atoms with van der Waals surface area (Å²) in [5, 5.41) is 3.46. The number of piperidine rings is 1. The van der Waals surface area contributed by atoms with Crippen LogP contribution in [0, 0.1) is 0 Å². The number of aromatic amines is 1. The first-order valence-electron chi connectivity index (χ1n) is 6.92. The predicted molar refractivity (Wildman–Crippen MR) is 74.3 cm³/mol. The average Bonchev–Trinajstić information content (AvgIpc) is 2.45. The molecule has 0 bridgehead atoms. The first-order valence-corrected chi connectivity index (χ1v) is 6.92. The van der Waals surface area contributed by atoms with Gasteiger partial charge in [0.15, 0.2) is 0 Å². The first-order chi connectivity index (χ1) is 9.20. The number of amides is 1. The number of nitrogens with one attached hydrogen (secondary N) is 2. The maximum atomic E-state index is 12.3. The quantitative estimate of drug-likeness (QED) is 0.851. The SMILES string of the molecule is CCCNC1CCCN(C(=O)c2ccc(=O)[nH]c2)C1. The van der Waals surface area contributed by atoms with Crippen LogP contribution in [0.1, 0.15) is 36.5 Å². The number of hydrogen-bond donors (Lipinski definition) is 2. The van der Waals surface area contributed by atoms with Crippen molar-refractivity contribution in [3.63, 3.8) is 0 Å². The number of carbonyl (C=O) groups is 1. The summed E-state index contributed by atoms with van der Waals surface area (Å²) < 4.78 is 0. The van der Waals surface area contributed by atoms with E-state index in [0.717, 1.165) is 38.9 Å². The third-order valence-corrected chi connectivity index (χ3v) is 3.42. The Hall–Kier alpha value is -1.62. The Kier molecular flexibility index (Phi) is 4.74. The van der Waals surface area contributed by atoms with Crippen LogP contribution >= 0.6 is 0 Å². The van der Waals surface area contributed by atoms with Gasteiger partial charge in [-0.1, -0.05) is 6.92 Å². The van der Waals surface area contributed by atoms with Crippen molar-refractivity contribution < 1.29 is 4.79 Å². The van der Waals surface area contributed by atoms with Gasteiger partial charge >= 0.3 is 0 Å². The van der Waals surface area contributed by atoms with Crippen LogP contribution in [0.15, 0.2) is 23.1 Å². The number of hydrogen-bond acceptors (Lipinski definition) is 3. The highest BCUT2D eigenvalue weighted by Crippen LogP contribution is 2.13. The fourth-order valence-corrected chi connectivity index (χ4v) is 2.40. The molecule has 5 heteroatoms. The van der Waals surface area contributed by atoms with Crippen LogP contribution in [0.3, 0.4) is 0 Å². The van der Waals surface area contributed by atoms with Crippen molar-refractivity contribution in [1.29, 1.82) is 0 Å². The molecule has 0 saturated carbocycles. The standard InChI is InChI=1S/C14H21N3O2/c1-2-7-15-12-4-3-8-17(10-12)14(19)11-5-6-13(18)16-9-11/h5-6,9,12,15H,2-4,7-8,10H2,1H3,(H,16,18). The van der Waals surface area contributed by atoms with Crippen molar-refractivity contribution in [3.05, 3.63) is 34.2 Å². The molecule has 1 aliphatic rings. The van der Waals surface area contributed by atoms with Crippen molar-refractivity contribution >= 4 is 5.91 Å². The fourth-order valence-electron chi connectivity index (χ4n) is 2.40. The summed E-state index contributed by atoms with van der Waals surface area (Å²) in [5.41, 5.74) is 0.369. The van der Waals surface area contributed by atoms with E-state index in [1.54, 1.807) is 6.07 Å². The number of nitrogens with zero attached hydrogens (tertiary/aromatic N) is 1. The van der Waals surface area contributed by atoms with Crippen molar-refractivity contribution in [3.8, 4) is 0 Å². The maximum absolute atomic E-state index is 12.3. The second-order valence-corrected chi connectivity index (χ2v) is 4.99. The van der Waals surface area contributed by atoms with Crippen molar-refractivity contribution in [2.24, 2.45) is 0 Å². The number of carbonyl (C=O) groups excluding carboxylic acids is 1. The first kappa shape index (κ1) is 13.8. The summed E-state index contributed by atoms with van der Waals surface area (Å²) in [5.74, 6) is -0.000696. The summed E-state index contributed by atoms with van der Waals surface area (Å²) in [6.07, 6.45) is 4.74. The molecule has 1 aromatic rings. The Balaban J connectivity index is 1.98. The van der Waals surface area contributed by atoms with Gasteiger partial charge < -0.3 is 15.2 Å². The smallest absolute Gasteiger partial charge is 0.255 e. The van der Waals surface area contributed by atoms with E-state index >= 15 is 0 Å². The van der Waals surface area contributed by atoms with Crippen LogP contribution in [0.4, 0.5) is 0 Å². The molecule has 1 aromatic heterocycles. The molecule has 2 N–H and O–H groups in total. The van der Waals surface area contributed by atoms with Gasteiger partial charge in [0.1, 0.15) is 0 Å². The van der Waals surface area contributed by atoms with Gasteiger partial charge in [0, 0.05) is 31.4 Å². The molecule has 0 aliphatic carbocycles. The molecule has 0 radical (unpaired) electrons. The van der Waals surface area contributed by atoms with E-state index in [-0.39, 0.29) is 11.5 Å². The third-order valence-electron chi connectivity index (χ3n) is 3.42. The Morgan fingerprint density at radius 1 is 1.53 bits per heavy atom. The molecule has 2 heterocycles. The molecule has 2 rings (SSSR count). The van der Waals surface area contributed by atoms with Crippen molar-refractivity contribution in [2.45, 2.75) is 32.2 Å². The highest BCUT2D eigenvalue weighted by atomic mass is 16.2. The maximum Gasteiger partial charge on any atom is 0.255 e. The average molecular weight is 263 g/mol. The van der Waals surface area contributed by atoms with E-state index in [2.05, 4.69) is 17.2 Å². The summed E-state index contributed by atoms with van der Waals surface area (Å²) in [4.78, 5) is 27.7. The predicted octanol–water partition coefficient (Wildman–Crippen LogP) is 0.979. The van der Waals surface area contributed by atoms with Crippen LogP contribution in [0.5, 0.6) is 0 Å². The highest BCUT2D eigenvalue weighted by molar-refractivity contribution is 5.93. The second-order valence-electron chi connectivity index (χ2n) is 4.99. The van der Waals surface area contributed by atoms with Gasteiger partial charge in [0.05, 0.1) is 5.56 Å². The molecule has 1 atom stereocenters. The zero-order valence-electron chi connectivity index (χ0n) is 11.3. The number of likely N-dealkylation sites (tertiary alicyclic amines) is 1. The van der Waals surface area contributed by atoms with E-state index in [9.17, 15) is 9.59 Å². The summed E-state index contributed by atoms with van der Waals surface area (Å²) >= 11 is 0. The molecule has 1 amide bonds. The summed E-state index contributed by atoms with van der Waals surface area (Å²) in [6, 6.07) is 3.37. The lowest BCUT2D eigenvalue weighted by Crippen LogP contribution is -2.48. The van der Waals surface area contributed by atoms with Crippen LogP contribution in [-0.4, -0.2) is 41.5 Å². The van der Waals surface area contributed by atoms with Gasteiger partial charge in [-0.25, -0.2) is 0 Å². The van der Waals surface area contributed by atoms with Gasteiger partial charge in [0.25, 0.3) is 5.91 Å². The van der Waals surface area contributed by atoms with Gasteiger partial charge in [-0.3, -0.25) is 9.59 Å². The van der Waals surface area contributed by atoms with Crippen LogP contribution < -0.4 is 10.9 Å². The van der Waals surface area contributed by atoms with E-state index in [1.165, 1.54) is 12.3 Å². The Morgan fingerprint density at radius 3 is 3.05 bits per heavy atom. The molecule has 5 nitrogen and oxygen atoms in total. The van der Waals surface area contributed by atoms with Gasteiger partial charge in [-0.15, -0.1) is 0 Å². The lowest BCUT2D eigenvalue weighted by molar-refractivity contribution is 0.0694. The fraction of sp³-hybridized carbons (Fsp3) is 0.571. The molecular weight excluding hydrogens is 242 g/mol. The minimum absolute atomic E-state index is 0.000696. The molecule has 0 spiro atoms. The van der Waals surface area contributed by atoms with E-state index < -0.39 is 0 Å². The highest BCUT2D eigenvalue weighted by Gasteiger charge is 2.23. The molecule has 104 valence electrons. The number of H-pyrrole nitrogens is 1. The van der Waals surface area contributed by atoms with Crippen LogP contribution in [0.2, 0.25) is 0 Å². The zero-order valence-corrected chi connectivity index (χ0v) is 11.3. The van der Waals surface area contributed by atoms with E-state index in [1.807, 2.05) is 4.90 Å². The molecule has 1 fully saturated rings. The van der Waals surface area contributed by atoms with Crippen molar-refractivity contribution in [1.82, 2.24) is 15.2 Å². The summed E-state index contributed by atoms with van der Waals surface area (Å²) in [6.45, 7) is 4.67. The summed E-state index contributed by atoms with van der Waals surface area (Å²) in [7, 11) is 0. The Labute approximate surface area is 113 Å². The molecule has 1 aliphatic heterocycles. The molecule has 1 saturated heterocycles. The van der Waals surface area contributed by atoms with Crippen LogP contribution in [-0.2, 0) is 0 Å². The lowest BCUT2D eigenvalue weighted by Gasteiger charge is -2.33. The van der Waals surface area contributed by atoms with Crippen molar-refractivity contribution in [2.75, 3.05) is 19.6 Å². The van der Waals surface area contributed by atoms with E-state index in [0.29, 0.717) is 11.6 Å². The van der Waals surface area contributed by atoms with Gasteiger partial charge in [-0.05, 0) is 31.9 Å². The Morgan fingerprint density at radius 2 is 2.37 bits per heavy atom. The van der Waals surface area contributed by atoms with E-state index in [4.69, 9.17) is 0 Å². The van der Waals surface area contributed by atoms with Gasteiger partial charge in [-0.2, -0.15) is 0 Å². The second kappa shape index (κ2) is 6.52. The van der Waals surface area contributed by atoms with Crippen LogP contribution in [0.25, 0.3) is 0 Å². The number of rotatable bonds is 4. The number of aromatic nitrogens is 1. The third kappa shape index (κ3) is 3.67. The number of pyridine rings is 1. The Bertz CT molecular complexity index is 463. The molecule has 19 heavy (non-hydrogen) atoms. The monoisotopic (exact) mass is 263 g/mol. The van der Waals surface area contributed by atoms with Gasteiger partial charge in [0.2, 0.25) is 5.56 Å².